The Morgan fingerprint density at radius 2 is 2.03 bits per heavy atom. The number of rotatable bonds is 8. The third-order valence-electron chi connectivity index (χ3n) is 5.99. The van der Waals surface area contributed by atoms with Crippen LogP contribution < -0.4 is 9.47 Å². The summed E-state index contributed by atoms with van der Waals surface area (Å²) in [5.74, 6) is -0.0510. The lowest BCUT2D eigenvalue weighted by Gasteiger charge is -2.27. The number of ether oxygens (including phenoxy) is 2. The van der Waals surface area contributed by atoms with Crippen molar-refractivity contribution in [2.75, 3.05) is 0 Å². The Morgan fingerprint density at radius 1 is 1.26 bits per heavy atom. The van der Waals surface area contributed by atoms with E-state index in [9.17, 15) is 9.90 Å². The van der Waals surface area contributed by atoms with Gasteiger partial charge in [-0.3, -0.25) is 4.79 Å². The van der Waals surface area contributed by atoms with E-state index >= 15 is 0 Å². The van der Waals surface area contributed by atoms with Crippen molar-refractivity contribution in [1.29, 1.82) is 0 Å². The number of halogens is 1. The molecule has 0 saturated heterocycles. The number of aliphatic carboxylic acids is 1. The number of carboxylic acid groups (broad SMARTS) is 1. The minimum Gasteiger partial charge on any atom is -0.489 e. The highest BCUT2D eigenvalue weighted by molar-refractivity contribution is 7.19. The summed E-state index contributed by atoms with van der Waals surface area (Å²) >= 11 is 7.76. The fraction of sp³-hybridized carbons (Fsp3) is 0.440. The van der Waals surface area contributed by atoms with Gasteiger partial charge < -0.3 is 14.6 Å². The Labute approximate surface area is 208 Å². The second-order valence-corrected chi connectivity index (χ2v) is 10.6. The lowest BCUT2D eigenvalue weighted by Crippen LogP contribution is -2.29. The summed E-state index contributed by atoms with van der Waals surface area (Å²) in [5, 5.41) is 9.32. The van der Waals surface area contributed by atoms with E-state index in [1.165, 1.54) is 11.3 Å². The highest BCUT2D eigenvalue weighted by Crippen LogP contribution is 2.37. The molecule has 0 amide bonds. The molecule has 2 atom stereocenters. The quantitative estimate of drug-likeness (QED) is 0.387. The summed E-state index contributed by atoms with van der Waals surface area (Å²) in [7, 11) is 0. The first kappa shape index (κ1) is 24.4. The standard InChI is InChI=1S/C25H28ClN3O4S/c1-14(2)18-11-27-25(28-12-18)32-13-17-10-22(26)34-23(17)20-7-8-21(15(3)29-20)33-19-6-4-5-16(9-19)24(30)31/h7-8,10-12,14,16,19H,4-6,9,13H2,1-3H3,(H,30,31)/t16?,19-/m0/s1. The molecule has 1 fully saturated rings. The van der Waals surface area contributed by atoms with Crippen molar-refractivity contribution in [3.8, 4) is 22.3 Å². The van der Waals surface area contributed by atoms with E-state index in [2.05, 4.69) is 23.8 Å². The molecule has 1 aliphatic carbocycles. The van der Waals surface area contributed by atoms with Crippen molar-refractivity contribution < 1.29 is 19.4 Å². The number of carboxylic acids is 1. The molecule has 3 heterocycles. The average molecular weight is 502 g/mol. The van der Waals surface area contributed by atoms with E-state index in [4.69, 9.17) is 26.1 Å². The molecule has 34 heavy (non-hydrogen) atoms. The molecule has 1 aliphatic rings. The fourth-order valence-electron chi connectivity index (χ4n) is 4.02. The van der Waals surface area contributed by atoms with Crippen molar-refractivity contribution in [1.82, 2.24) is 15.0 Å². The molecular formula is C25H28ClN3O4S. The first-order valence-corrected chi connectivity index (χ1v) is 12.6. The van der Waals surface area contributed by atoms with Crippen LogP contribution >= 0.6 is 22.9 Å². The van der Waals surface area contributed by atoms with E-state index in [0.29, 0.717) is 34.9 Å². The molecule has 1 unspecified atom stereocenters. The Bertz CT molecular complexity index is 1150. The van der Waals surface area contributed by atoms with Crippen molar-refractivity contribution in [3.63, 3.8) is 0 Å². The minimum absolute atomic E-state index is 0.108. The van der Waals surface area contributed by atoms with E-state index in [1.807, 2.05) is 25.1 Å². The summed E-state index contributed by atoms with van der Waals surface area (Å²) in [5.41, 5.74) is 3.49. The molecule has 7 nitrogen and oxygen atoms in total. The SMILES string of the molecule is Cc1nc(-c2sc(Cl)cc2COc2ncc(C(C)C)cn2)ccc1O[C@H]1CCCC(C(=O)O)C1. The van der Waals surface area contributed by atoms with Crippen LogP contribution in [0.1, 0.15) is 62.3 Å². The van der Waals surface area contributed by atoms with Gasteiger partial charge in [-0.1, -0.05) is 25.4 Å². The molecule has 1 N–H and O–H groups in total. The second-order valence-electron chi connectivity index (χ2n) is 8.87. The van der Waals surface area contributed by atoms with Crippen LogP contribution in [0.4, 0.5) is 0 Å². The largest absolute Gasteiger partial charge is 0.489 e. The predicted molar refractivity (Wildman–Crippen MR) is 132 cm³/mol. The predicted octanol–water partition coefficient (Wildman–Crippen LogP) is 6.29. The minimum atomic E-state index is -0.746. The molecule has 0 aromatic carbocycles. The molecule has 9 heteroatoms. The van der Waals surface area contributed by atoms with Crippen LogP contribution in [0.5, 0.6) is 11.8 Å². The summed E-state index contributed by atoms with van der Waals surface area (Å²) < 4.78 is 12.6. The van der Waals surface area contributed by atoms with Crippen LogP contribution in [0.15, 0.2) is 30.6 Å². The van der Waals surface area contributed by atoms with Gasteiger partial charge in [0.15, 0.2) is 0 Å². The van der Waals surface area contributed by atoms with Gasteiger partial charge in [-0.2, -0.15) is 0 Å². The number of aromatic nitrogens is 3. The Hall–Kier alpha value is -2.71. The molecule has 0 aliphatic heterocycles. The number of hydrogen-bond acceptors (Lipinski definition) is 7. The van der Waals surface area contributed by atoms with Crippen molar-refractivity contribution in [2.24, 2.45) is 5.92 Å². The van der Waals surface area contributed by atoms with Crippen molar-refractivity contribution in [2.45, 2.75) is 65.1 Å². The number of thiophene rings is 1. The van der Waals surface area contributed by atoms with E-state index in [0.717, 1.165) is 40.2 Å². The topological polar surface area (TPSA) is 94.4 Å². The monoisotopic (exact) mass is 501 g/mol. The first-order chi connectivity index (χ1) is 16.3. The number of nitrogens with zero attached hydrogens (tertiary/aromatic N) is 3. The van der Waals surface area contributed by atoms with Crippen molar-refractivity contribution >= 4 is 28.9 Å². The normalized spacial score (nSPS) is 18.1. The molecule has 1 saturated carbocycles. The highest BCUT2D eigenvalue weighted by atomic mass is 35.5. The summed E-state index contributed by atoms with van der Waals surface area (Å²) in [6.45, 7) is 6.35. The zero-order valence-electron chi connectivity index (χ0n) is 19.5. The van der Waals surface area contributed by atoms with Gasteiger partial charge in [-0.05, 0) is 62.3 Å². The van der Waals surface area contributed by atoms with Crippen LogP contribution in [0, 0.1) is 12.8 Å². The Kier molecular flexibility index (Phi) is 7.68. The number of hydrogen-bond donors (Lipinski definition) is 1. The maximum absolute atomic E-state index is 11.3. The Morgan fingerprint density at radius 3 is 2.71 bits per heavy atom. The van der Waals surface area contributed by atoms with Gasteiger partial charge in [0.25, 0.3) is 0 Å². The maximum atomic E-state index is 11.3. The number of pyridine rings is 1. The van der Waals surface area contributed by atoms with E-state index in [-0.39, 0.29) is 18.6 Å². The van der Waals surface area contributed by atoms with E-state index in [1.54, 1.807) is 12.4 Å². The zero-order chi connectivity index (χ0) is 24.2. The van der Waals surface area contributed by atoms with Gasteiger partial charge >= 0.3 is 12.0 Å². The van der Waals surface area contributed by atoms with Gasteiger partial charge in [-0.25, -0.2) is 15.0 Å². The van der Waals surface area contributed by atoms with Crippen LogP contribution in [-0.2, 0) is 11.4 Å². The average Bonchev–Trinajstić information content (AvgIpc) is 3.20. The lowest BCUT2D eigenvalue weighted by atomic mass is 9.87. The third-order valence-corrected chi connectivity index (χ3v) is 7.32. The number of aryl methyl sites for hydroxylation is 1. The summed E-state index contributed by atoms with van der Waals surface area (Å²) in [6.07, 6.45) is 6.40. The molecule has 180 valence electrons. The van der Waals surface area contributed by atoms with Crippen LogP contribution in [0.25, 0.3) is 10.6 Å². The molecular weight excluding hydrogens is 474 g/mol. The van der Waals surface area contributed by atoms with Crippen LogP contribution in [-0.4, -0.2) is 32.1 Å². The maximum Gasteiger partial charge on any atom is 0.316 e. The molecule has 4 rings (SSSR count). The van der Waals surface area contributed by atoms with Gasteiger partial charge in [0.2, 0.25) is 0 Å². The Balaban J connectivity index is 1.46. The van der Waals surface area contributed by atoms with Crippen molar-refractivity contribution in [3.05, 3.63) is 51.7 Å². The summed E-state index contributed by atoms with van der Waals surface area (Å²) in [4.78, 5) is 25.6. The molecule has 0 radical (unpaired) electrons. The fourth-order valence-corrected chi connectivity index (χ4v) is 5.24. The summed E-state index contributed by atoms with van der Waals surface area (Å²) in [6, 6.07) is 5.99. The van der Waals surface area contributed by atoms with Gasteiger partial charge in [0, 0.05) is 18.0 Å². The first-order valence-electron chi connectivity index (χ1n) is 11.4. The van der Waals surface area contributed by atoms with E-state index < -0.39 is 5.97 Å². The second kappa shape index (κ2) is 10.7. The number of carbonyl (C=O) groups is 1. The zero-order valence-corrected chi connectivity index (χ0v) is 21.0. The molecule has 0 spiro atoms. The molecule has 3 aromatic heterocycles. The van der Waals surface area contributed by atoms with Crippen LogP contribution in [0.3, 0.4) is 0 Å². The smallest absolute Gasteiger partial charge is 0.316 e. The van der Waals surface area contributed by atoms with Crippen LogP contribution in [0.2, 0.25) is 4.34 Å². The van der Waals surface area contributed by atoms with Gasteiger partial charge in [-0.15, -0.1) is 11.3 Å². The van der Waals surface area contributed by atoms with Gasteiger partial charge in [0.1, 0.15) is 12.4 Å². The lowest BCUT2D eigenvalue weighted by molar-refractivity contribution is -0.143. The molecule has 0 bridgehead atoms. The highest BCUT2D eigenvalue weighted by Gasteiger charge is 2.28. The molecule has 3 aromatic rings. The van der Waals surface area contributed by atoms with Gasteiger partial charge in [0.05, 0.1) is 32.6 Å². The third kappa shape index (κ3) is 5.85.